The van der Waals surface area contributed by atoms with Crippen molar-refractivity contribution in [3.05, 3.63) is 22.4 Å². The van der Waals surface area contributed by atoms with Gasteiger partial charge in [-0.3, -0.25) is 24.6 Å². The molecule has 1 aromatic rings. The van der Waals surface area contributed by atoms with E-state index >= 15 is 0 Å². The fourth-order valence-electron chi connectivity index (χ4n) is 2.04. The van der Waals surface area contributed by atoms with Gasteiger partial charge in [-0.05, 0) is 31.3 Å². The predicted octanol–water partition coefficient (Wildman–Crippen LogP) is 1.06. The maximum atomic E-state index is 11.8. The highest BCUT2D eigenvalue weighted by Crippen LogP contribution is 2.13. The molecular weight excluding hydrogens is 264 g/mol. The van der Waals surface area contributed by atoms with Gasteiger partial charge < -0.3 is 0 Å². The normalized spacial score (nSPS) is 20.4. The Bertz CT molecular complexity index is 484. The monoisotopic (exact) mass is 280 g/mol. The second-order valence-electron chi connectivity index (χ2n) is 4.56. The van der Waals surface area contributed by atoms with E-state index in [0.29, 0.717) is 19.4 Å². The zero-order valence-corrected chi connectivity index (χ0v) is 11.5. The zero-order valence-electron chi connectivity index (χ0n) is 10.7. The minimum absolute atomic E-state index is 0.121. The Labute approximate surface area is 115 Å². The number of thiophene rings is 1. The fourth-order valence-corrected chi connectivity index (χ4v) is 2.74. The summed E-state index contributed by atoms with van der Waals surface area (Å²) in [6.45, 7) is 2.57. The molecule has 1 aromatic heterocycles. The van der Waals surface area contributed by atoms with Gasteiger partial charge in [0.2, 0.25) is 11.8 Å². The number of piperazine rings is 1. The van der Waals surface area contributed by atoms with Crippen LogP contribution in [0.4, 0.5) is 0 Å². The van der Waals surface area contributed by atoms with Gasteiger partial charge in [0.05, 0.1) is 17.5 Å². The third-order valence-corrected chi connectivity index (χ3v) is 4.09. The van der Waals surface area contributed by atoms with Crippen molar-refractivity contribution < 1.29 is 14.4 Å². The lowest BCUT2D eigenvalue weighted by Gasteiger charge is -2.31. The van der Waals surface area contributed by atoms with E-state index in [9.17, 15) is 14.4 Å². The van der Waals surface area contributed by atoms with E-state index in [0.717, 1.165) is 4.88 Å². The maximum Gasteiger partial charge on any atom is 0.243 e. The number of carbonyl (C=O) groups excluding carboxylic acids is 3. The summed E-state index contributed by atoms with van der Waals surface area (Å²) in [5, 5.41) is 4.17. The van der Waals surface area contributed by atoms with Crippen LogP contribution in [0.2, 0.25) is 0 Å². The van der Waals surface area contributed by atoms with E-state index in [1.165, 1.54) is 11.3 Å². The van der Waals surface area contributed by atoms with Gasteiger partial charge in [0.1, 0.15) is 0 Å². The molecule has 2 amide bonds. The van der Waals surface area contributed by atoms with Crippen molar-refractivity contribution in [2.75, 3.05) is 13.1 Å². The summed E-state index contributed by atoms with van der Waals surface area (Å²) in [7, 11) is 0. The van der Waals surface area contributed by atoms with Gasteiger partial charge in [0.15, 0.2) is 5.78 Å². The van der Waals surface area contributed by atoms with Crippen LogP contribution in [0.5, 0.6) is 0 Å². The quantitative estimate of drug-likeness (QED) is 0.647. The molecule has 1 aliphatic rings. The summed E-state index contributed by atoms with van der Waals surface area (Å²) in [4.78, 5) is 37.1. The van der Waals surface area contributed by atoms with E-state index in [1.54, 1.807) is 6.92 Å². The van der Waals surface area contributed by atoms with Gasteiger partial charge in [0.25, 0.3) is 0 Å². The molecule has 1 N–H and O–H groups in total. The zero-order chi connectivity index (χ0) is 13.8. The Morgan fingerprint density at radius 2 is 2.32 bits per heavy atom. The summed E-state index contributed by atoms with van der Waals surface area (Å²) >= 11 is 1.44. The van der Waals surface area contributed by atoms with Crippen molar-refractivity contribution >= 4 is 28.9 Å². The molecule has 0 spiro atoms. The molecule has 1 aliphatic heterocycles. The fraction of sp³-hybridized carbons (Fsp3) is 0.462. The van der Waals surface area contributed by atoms with Crippen LogP contribution in [0.25, 0.3) is 0 Å². The summed E-state index contributed by atoms with van der Waals surface area (Å²) < 4.78 is 0. The van der Waals surface area contributed by atoms with E-state index in [2.05, 4.69) is 5.32 Å². The highest BCUT2D eigenvalue weighted by atomic mass is 32.1. The van der Waals surface area contributed by atoms with Gasteiger partial charge >= 0.3 is 0 Å². The number of ketones is 1. The first kappa shape index (κ1) is 13.9. The van der Waals surface area contributed by atoms with Crippen molar-refractivity contribution in [1.29, 1.82) is 0 Å². The largest absolute Gasteiger partial charge is 0.294 e. The van der Waals surface area contributed by atoms with Crippen molar-refractivity contribution in [1.82, 2.24) is 10.2 Å². The number of nitrogens with zero attached hydrogens (tertiary/aromatic N) is 1. The molecule has 0 aliphatic carbocycles. The predicted molar refractivity (Wildman–Crippen MR) is 72.1 cm³/mol. The van der Waals surface area contributed by atoms with Gasteiger partial charge in [-0.2, -0.15) is 0 Å². The van der Waals surface area contributed by atoms with Crippen molar-refractivity contribution in [3.8, 4) is 0 Å². The SMILES string of the molecule is CC1C(=O)NC(=O)CN1CCCC(=O)c1cccs1. The molecule has 102 valence electrons. The van der Waals surface area contributed by atoms with Gasteiger partial charge in [0, 0.05) is 6.42 Å². The van der Waals surface area contributed by atoms with E-state index < -0.39 is 0 Å². The number of rotatable bonds is 5. The Morgan fingerprint density at radius 3 is 3.00 bits per heavy atom. The Kier molecular flexibility index (Phi) is 4.44. The average Bonchev–Trinajstić information content (AvgIpc) is 2.88. The van der Waals surface area contributed by atoms with Gasteiger partial charge in [-0.25, -0.2) is 0 Å². The standard InChI is InChI=1S/C13H16N2O3S/c1-9-13(18)14-12(17)8-15(9)6-2-4-10(16)11-5-3-7-19-11/h3,5,7,9H,2,4,6,8H2,1H3,(H,14,17,18). The van der Waals surface area contributed by atoms with Gasteiger partial charge in [-0.1, -0.05) is 6.07 Å². The number of hydrogen-bond acceptors (Lipinski definition) is 5. The van der Waals surface area contributed by atoms with Crippen molar-refractivity contribution in [2.45, 2.75) is 25.8 Å². The lowest BCUT2D eigenvalue weighted by atomic mass is 10.1. The molecule has 0 saturated carbocycles. The third kappa shape index (κ3) is 3.48. The Hall–Kier alpha value is -1.53. The second kappa shape index (κ2) is 6.08. The van der Waals surface area contributed by atoms with E-state index in [-0.39, 0.29) is 30.2 Å². The van der Waals surface area contributed by atoms with Crippen LogP contribution in [0.3, 0.4) is 0 Å². The van der Waals surface area contributed by atoms with Crippen LogP contribution in [-0.2, 0) is 9.59 Å². The summed E-state index contributed by atoms with van der Waals surface area (Å²) in [6, 6.07) is 3.36. The molecule has 1 unspecified atom stereocenters. The van der Waals surface area contributed by atoms with Crippen LogP contribution in [0.15, 0.2) is 17.5 Å². The van der Waals surface area contributed by atoms with Crippen LogP contribution in [-0.4, -0.2) is 41.6 Å². The first-order valence-corrected chi connectivity index (χ1v) is 7.10. The number of hydrogen-bond donors (Lipinski definition) is 1. The van der Waals surface area contributed by atoms with Crippen LogP contribution >= 0.6 is 11.3 Å². The third-order valence-electron chi connectivity index (χ3n) is 3.18. The molecule has 2 rings (SSSR count). The summed E-state index contributed by atoms with van der Waals surface area (Å²) in [6.07, 6.45) is 1.10. The molecule has 6 heteroatoms. The molecule has 1 atom stereocenters. The molecule has 0 aromatic carbocycles. The highest BCUT2D eigenvalue weighted by molar-refractivity contribution is 7.12. The first-order valence-electron chi connectivity index (χ1n) is 6.22. The molecule has 1 fully saturated rings. The lowest BCUT2D eigenvalue weighted by molar-refractivity contribution is -0.139. The number of carbonyl (C=O) groups is 3. The number of amides is 2. The average molecular weight is 280 g/mol. The number of nitrogens with one attached hydrogen (secondary N) is 1. The van der Waals surface area contributed by atoms with E-state index in [1.807, 2.05) is 22.4 Å². The van der Waals surface area contributed by atoms with E-state index in [4.69, 9.17) is 0 Å². The molecule has 19 heavy (non-hydrogen) atoms. The Morgan fingerprint density at radius 1 is 1.53 bits per heavy atom. The lowest BCUT2D eigenvalue weighted by Crippen LogP contribution is -2.56. The molecule has 0 bridgehead atoms. The van der Waals surface area contributed by atoms with Crippen LogP contribution in [0.1, 0.15) is 29.4 Å². The summed E-state index contributed by atoms with van der Waals surface area (Å²) in [5.74, 6) is -0.413. The molecule has 5 nitrogen and oxygen atoms in total. The first-order chi connectivity index (χ1) is 9.08. The highest BCUT2D eigenvalue weighted by Gasteiger charge is 2.29. The Balaban J connectivity index is 1.80. The molecular formula is C13H16N2O3S. The number of imide groups is 1. The van der Waals surface area contributed by atoms with Crippen molar-refractivity contribution in [3.63, 3.8) is 0 Å². The molecule has 2 heterocycles. The smallest absolute Gasteiger partial charge is 0.243 e. The second-order valence-corrected chi connectivity index (χ2v) is 5.51. The van der Waals surface area contributed by atoms with Gasteiger partial charge in [-0.15, -0.1) is 11.3 Å². The number of Topliss-reactive ketones (excluding diaryl/α,β-unsaturated/α-hetero) is 1. The molecule has 1 saturated heterocycles. The maximum absolute atomic E-state index is 11.8. The molecule has 0 radical (unpaired) electrons. The minimum atomic E-state index is -0.311. The van der Waals surface area contributed by atoms with Crippen molar-refractivity contribution in [2.24, 2.45) is 0 Å². The van der Waals surface area contributed by atoms with Crippen LogP contribution in [0, 0.1) is 0 Å². The van der Waals surface area contributed by atoms with Crippen LogP contribution < -0.4 is 5.32 Å². The minimum Gasteiger partial charge on any atom is -0.294 e. The topological polar surface area (TPSA) is 66.5 Å². The summed E-state index contributed by atoms with van der Waals surface area (Å²) in [5.41, 5.74) is 0.